The summed E-state index contributed by atoms with van der Waals surface area (Å²) in [5, 5.41) is 4.47. The minimum absolute atomic E-state index is 0.618. The van der Waals surface area contributed by atoms with Gasteiger partial charge in [-0.3, -0.25) is 4.68 Å². The molecule has 1 aliphatic rings. The SMILES string of the molecule is COc1ccc(Cc2nc(C3CC3)n(C)n2)cc1N. The fraction of sp³-hybridized carbons (Fsp3) is 0.429. The molecule has 3 rings (SSSR count). The number of rotatable bonds is 4. The normalized spacial score (nSPS) is 14.6. The zero-order chi connectivity index (χ0) is 13.4. The minimum atomic E-state index is 0.618. The third kappa shape index (κ3) is 2.41. The molecule has 0 radical (unpaired) electrons. The predicted molar refractivity (Wildman–Crippen MR) is 73.2 cm³/mol. The number of hydrogen-bond acceptors (Lipinski definition) is 4. The number of ether oxygens (including phenoxy) is 1. The molecule has 5 heteroatoms. The lowest BCUT2D eigenvalue weighted by Gasteiger charge is -2.05. The molecule has 0 unspecified atom stereocenters. The van der Waals surface area contributed by atoms with E-state index in [1.807, 2.05) is 29.9 Å². The lowest BCUT2D eigenvalue weighted by atomic mass is 10.1. The highest BCUT2D eigenvalue weighted by atomic mass is 16.5. The van der Waals surface area contributed by atoms with Gasteiger partial charge in [-0.1, -0.05) is 6.07 Å². The Bertz CT molecular complexity index is 601. The van der Waals surface area contributed by atoms with Crippen LogP contribution in [0.25, 0.3) is 0 Å². The van der Waals surface area contributed by atoms with Crippen molar-refractivity contribution < 1.29 is 4.74 Å². The molecule has 1 aromatic carbocycles. The second kappa shape index (κ2) is 4.57. The molecule has 1 aromatic heterocycles. The molecule has 1 aliphatic carbocycles. The van der Waals surface area contributed by atoms with E-state index in [2.05, 4.69) is 10.1 Å². The molecule has 1 fully saturated rings. The van der Waals surface area contributed by atoms with Crippen LogP contribution in [0.4, 0.5) is 5.69 Å². The van der Waals surface area contributed by atoms with Crippen LogP contribution in [0.3, 0.4) is 0 Å². The Balaban J connectivity index is 1.80. The first-order valence-corrected chi connectivity index (χ1v) is 6.49. The van der Waals surface area contributed by atoms with Gasteiger partial charge in [-0.05, 0) is 30.5 Å². The van der Waals surface area contributed by atoms with Gasteiger partial charge in [-0.2, -0.15) is 5.10 Å². The smallest absolute Gasteiger partial charge is 0.155 e. The molecule has 2 N–H and O–H groups in total. The van der Waals surface area contributed by atoms with Gasteiger partial charge in [0.2, 0.25) is 0 Å². The second-order valence-corrected chi connectivity index (χ2v) is 5.04. The summed E-state index contributed by atoms with van der Waals surface area (Å²) in [6, 6.07) is 5.81. The summed E-state index contributed by atoms with van der Waals surface area (Å²) in [5.41, 5.74) is 7.66. The highest BCUT2D eigenvalue weighted by Crippen LogP contribution is 2.38. The van der Waals surface area contributed by atoms with Crippen molar-refractivity contribution in [3.8, 4) is 5.75 Å². The maximum atomic E-state index is 5.91. The maximum absolute atomic E-state index is 5.91. The summed E-state index contributed by atoms with van der Waals surface area (Å²) in [6.07, 6.45) is 3.18. The quantitative estimate of drug-likeness (QED) is 0.850. The molecule has 0 amide bonds. The van der Waals surface area contributed by atoms with Crippen LogP contribution in [-0.2, 0) is 13.5 Å². The molecule has 19 heavy (non-hydrogen) atoms. The van der Waals surface area contributed by atoms with E-state index in [0.29, 0.717) is 23.8 Å². The number of anilines is 1. The van der Waals surface area contributed by atoms with Crippen LogP contribution in [0.2, 0.25) is 0 Å². The van der Waals surface area contributed by atoms with Gasteiger partial charge in [0.1, 0.15) is 11.6 Å². The van der Waals surface area contributed by atoms with E-state index in [0.717, 1.165) is 17.2 Å². The zero-order valence-corrected chi connectivity index (χ0v) is 11.3. The number of aryl methyl sites for hydroxylation is 1. The predicted octanol–water partition coefficient (Wildman–Crippen LogP) is 1.87. The number of methoxy groups -OCH3 is 1. The molecule has 1 heterocycles. The van der Waals surface area contributed by atoms with Gasteiger partial charge in [-0.15, -0.1) is 0 Å². The Labute approximate surface area is 112 Å². The van der Waals surface area contributed by atoms with E-state index in [1.54, 1.807) is 7.11 Å². The monoisotopic (exact) mass is 258 g/mol. The summed E-state index contributed by atoms with van der Waals surface area (Å²) in [6.45, 7) is 0. The Morgan fingerprint density at radius 3 is 2.84 bits per heavy atom. The first-order chi connectivity index (χ1) is 9.17. The summed E-state index contributed by atoms with van der Waals surface area (Å²) < 4.78 is 7.06. The van der Waals surface area contributed by atoms with Crippen molar-refractivity contribution in [2.45, 2.75) is 25.2 Å². The molecule has 0 spiro atoms. The average Bonchev–Trinajstić information content (AvgIpc) is 3.15. The lowest BCUT2D eigenvalue weighted by Crippen LogP contribution is -1.97. The van der Waals surface area contributed by atoms with Crippen LogP contribution in [0.5, 0.6) is 5.75 Å². The standard InChI is InChI=1S/C14H18N4O/c1-18-14(10-4-5-10)16-13(17-18)8-9-3-6-12(19-2)11(15)7-9/h3,6-7,10H,4-5,8,15H2,1-2H3. The Kier molecular flexibility index (Phi) is 2.89. The van der Waals surface area contributed by atoms with Gasteiger partial charge in [0.25, 0.3) is 0 Å². The van der Waals surface area contributed by atoms with Gasteiger partial charge >= 0.3 is 0 Å². The molecule has 0 aliphatic heterocycles. The van der Waals surface area contributed by atoms with Crippen LogP contribution >= 0.6 is 0 Å². The largest absolute Gasteiger partial charge is 0.495 e. The highest BCUT2D eigenvalue weighted by Gasteiger charge is 2.28. The van der Waals surface area contributed by atoms with Crippen LogP contribution in [0.15, 0.2) is 18.2 Å². The number of nitrogen functional groups attached to an aromatic ring is 1. The van der Waals surface area contributed by atoms with Crippen molar-refractivity contribution in [2.75, 3.05) is 12.8 Å². The van der Waals surface area contributed by atoms with Gasteiger partial charge in [0.15, 0.2) is 5.82 Å². The average molecular weight is 258 g/mol. The van der Waals surface area contributed by atoms with Gasteiger partial charge in [0.05, 0.1) is 12.8 Å². The molecule has 2 aromatic rings. The zero-order valence-electron chi connectivity index (χ0n) is 11.3. The third-order valence-corrected chi connectivity index (χ3v) is 3.44. The van der Waals surface area contributed by atoms with E-state index < -0.39 is 0 Å². The molecule has 0 bridgehead atoms. The summed E-state index contributed by atoms with van der Waals surface area (Å²) in [4.78, 5) is 4.62. The molecular weight excluding hydrogens is 240 g/mol. The molecule has 100 valence electrons. The molecule has 5 nitrogen and oxygen atoms in total. The fourth-order valence-corrected chi connectivity index (χ4v) is 2.30. The summed E-state index contributed by atoms with van der Waals surface area (Å²) in [7, 11) is 3.58. The molecular formula is C14H18N4O. The first-order valence-electron chi connectivity index (χ1n) is 6.49. The Morgan fingerprint density at radius 1 is 1.42 bits per heavy atom. The van der Waals surface area contributed by atoms with E-state index >= 15 is 0 Å². The number of aromatic nitrogens is 3. The fourth-order valence-electron chi connectivity index (χ4n) is 2.30. The van der Waals surface area contributed by atoms with Crippen molar-refractivity contribution in [2.24, 2.45) is 7.05 Å². The number of nitrogens with two attached hydrogens (primary N) is 1. The second-order valence-electron chi connectivity index (χ2n) is 5.04. The van der Waals surface area contributed by atoms with E-state index in [9.17, 15) is 0 Å². The number of hydrogen-bond donors (Lipinski definition) is 1. The van der Waals surface area contributed by atoms with E-state index in [1.165, 1.54) is 12.8 Å². The third-order valence-electron chi connectivity index (χ3n) is 3.44. The van der Waals surface area contributed by atoms with Gasteiger partial charge in [-0.25, -0.2) is 4.98 Å². The van der Waals surface area contributed by atoms with Crippen molar-refractivity contribution in [3.63, 3.8) is 0 Å². The molecule has 0 saturated heterocycles. The Hall–Kier alpha value is -2.04. The van der Waals surface area contributed by atoms with Gasteiger partial charge in [0, 0.05) is 19.4 Å². The maximum Gasteiger partial charge on any atom is 0.155 e. The van der Waals surface area contributed by atoms with Crippen LogP contribution < -0.4 is 10.5 Å². The highest BCUT2D eigenvalue weighted by molar-refractivity contribution is 5.54. The Morgan fingerprint density at radius 2 is 2.21 bits per heavy atom. The summed E-state index contributed by atoms with van der Waals surface area (Å²) >= 11 is 0. The minimum Gasteiger partial charge on any atom is -0.495 e. The van der Waals surface area contributed by atoms with Crippen LogP contribution in [-0.4, -0.2) is 21.9 Å². The van der Waals surface area contributed by atoms with Crippen molar-refractivity contribution in [3.05, 3.63) is 35.4 Å². The molecule has 1 saturated carbocycles. The van der Waals surface area contributed by atoms with Crippen molar-refractivity contribution in [1.82, 2.24) is 14.8 Å². The van der Waals surface area contributed by atoms with Crippen molar-refractivity contribution in [1.29, 1.82) is 0 Å². The van der Waals surface area contributed by atoms with E-state index in [4.69, 9.17) is 10.5 Å². The lowest BCUT2D eigenvalue weighted by molar-refractivity contribution is 0.417. The van der Waals surface area contributed by atoms with Crippen LogP contribution in [0, 0.1) is 0 Å². The van der Waals surface area contributed by atoms with E-state index in [-0.39, 0.29) is 0 Å². The molecule has 0 atom stereocenters. The number of nitrogens with zero attached hydrogens (tertiary/aromatic N) is 3. The first kappa shape index (κ1) is 12.0. The topological polar surface area (TPSA) is 66.0 Å². The van der Waals surface area contributed by atoms with Gasteiger partial charge < -0.3 is 10.5 Å². The summed E-state index contributed by atoms with van der Waals surface area (Å²) in [5.74, 6) is 3.29. The number of benzene rings is 1. The van der Waals surface area contributed by atoms with Crippen LogP contribution in [0.1, 0.15) is 36.0 Å². The van der Waals surface area contributed by atoms with Crippen molar-refractivity contribution >= 4 is 5.69 Å².